The first-order valence-corrected chi connectivity index (χ1v) is 11.3. The molecule has 0 aliphatic rings. The summed E-state index contributed by atoms with van der Waals surface area (Å²) in [4.78, 5) is 35.0. The van der Waals surface area contributed by atoms with Gasteiger partial charge in [0.15, 0.2) is 0 Å². The van der Waals surface area contributed by atoms with Crippen molar-refractivity contribution in [1.29, 1.82) is 0 Å². The number of aromatic nitrogens is 2. The van der Waals surface area contributed by atoms with Crippen LogP contribution in [0.15, 0.2) is 53.4 Å². The van der Waals surface area contributed by atoms with Crippen LogP contribution in [0.25, 0.3) is 5.69 Å². The molecule has 0 saturated heterocycles. The maximum atomic E-state index is 13.0. The van der Waals surface area contributed by atoms with Crippen molar-refractivity contribution < 1.29 is 32.3 Å². The molecule has 0 spiro atoms. The topological polar surface area (TPSA) is 146 Å². The Labute approximate surface area is 195 Å². The predicted molar refractivity (Wildman–Crippen MR) is 123 cm³/mol. The van der Waals surface area contributed by atoms with Gasteiger partial charge < -0.3 is 14.8 Å². The number of anilines is 2. The number of amides is 1. The summed E-state index contributed by atoms with van der Waals surface area (Å²) in [6, 6.07) is 11.3. The molecule has 12 heteroatoms. The Hall–Kier alpha value is -4.19. The number of ether oxygens (including phenoxy) is 2. The van der Waals surface area contributed by atoms with Crippen LogP contribution in [0.1, 0.15) is 33.3 Å². The number of aryl methyl sites for hydroxylation is 1. The van der Waals surface area contributed by atoms with Crippen LogP contribution in [0.4, 0.5) is 11.5 Å². The molecule has 1 heterocycles. The van der Waals surface area contributed by atoms with E-state index in [0.717, 1.165) is 26.4 Å². The molecule has 34 heavy (non-hydrogen) atoms. The van der Waals surface area contributed by atoms with Crippen molar-refractivity contribution in [3.8, 4) is 5.69 Å². The highest BCUT2D eigenvalue weighted by Crippen LogP contribution is 2.23. The third-order valence-electron chi connectivity index (χ3n) is 4.56. The van der Waals surface area contributed by atoms with E-state index in [0.29, 0.717) is 17.2 Å². The average Bonchev–Trinajstić information content (AvgIpc) is 3.16. The van der Waals surface area contributed by atoms with E-state index in [9.17, 15) is 22.8 Å². The lowest BCUT2D eigenvalue weighted by molar-refractivity contribution is -0.114. The molecule has 0 saturated carbocycles. The van der Waals surface area contributed by atoms with Crippen LogP contribution in [0, 0.1) is 6.92 Å². The van der Waals surface area contributed by atoms with Crippen LogP contribution < -0.4 is 10.0 Å². The van der Waals surface area contributed by atoms with Gasteiger partial charge in [-0.15, -0.1) is 0 Å². The van der Waals surface area contributed by atoms with Crippen molar-refractivity contribution in [2.24, 2.45) is 0 Å². The lowest BCUT2D eigenvalue weighted by Crippen LogP contribution is -2.16. The number of carbonyl (C=O) groups excluding carboxylic acids is 3. The maximum absolute atomic E-state index is 13.0. The summed E-state index contributed by atoms with van der Waals surface area (Å²) in [5, 5.41) is 7.01. The minimum absolute atomic E-state index is 0.124. The molecule has 0 aliphatic heterocycles. The smallest absolute Gasteiger partial charge is 0.337 e. The summed E-state index contributed by atoms with van der Waals surface area (Å²) < 4.78 is 39.2. The van der Waals surface area contributed by atoms with Gasteiger partial charge in [-0.25, -0.2) is 22.7 Å². The number of hydrogen-bond acceptors (Lipinski definition) is 8. The van der Waals surface area contributed by atoms with E-state index in [1.807, 2.05) is 0 Å². The molecule has 0 radical (unpaired) electrons. The van der Waals surface area contributed by atoms with E-state index in [-0.39, 0.29) is 27.6 Å². The quantitative estimate of drug-likeness (QED) is 0.485. The van der Waals surface area contributed by atoms with Crippen molar-refractivity contribution in [2.45, 2.75) is 18.7 Å². The Morgan fingerprint density at radius 2 is 1.47 bits per heavy atom. The summed E-state index contributed by atoms with van der Waals surface area (Å²) >= 11 is 0. The van der Waals surface area contributed by atoms with Crippen LogP contribution in [0.2, 0.25) is 0 Å². The second kappa shape index (κ2) is 9.75. The fourth-order valence-corrected chi connectivity index (χ4v) is 4.20. The largest absolute Gasteiger partial charge is 0.465 e. The van der Waals surface area contributed by atoms with Gasteiger partial charge in [0.2, 0.25) is 5.91 Å². The normalized spacial score (nSPS) is 10.9. The number of carbonyl (C=O) groups is 3. The van der Waals surface area contributed by atoms with Crippen LogP contribution in [0.3, 0.4) is 0 Å². The summed E-state index contributed by atoms with van der Waals surface area (Å²) in [5.41, 5.74) is 1.24. The van der Waals surface area contributed by atoms with Gasteiger partial charge in [-0.05, 0) is 49.4 Å². The van der Waals surface area contributed by atoms with Gasteiger partial charge in [0.1, 0.15) is 5.82 Å². The number of benzene rings is 2. The summed E-state index contributed by atoms with van der Waals surface area (Å²) in [6.45, 7) is 3.15. The van der Waals surface area contributed by atoms with Crippen LogP contribution in [-0.2, 0) is 24.3 Å². The number of nitrogens with one attached hydrogen (secondary N) is 2. The highest BCUT2D eigenvalue weighted by Gasteiger charge is 2.21. The van der Waals surface area contributed by atoms with E-state index in [1.165, 1.54) is 29.8 Å². The zero-order chi connectivity index (χ0) is 25.0. The first kappa shape index (κ1) is 24.5. The number of rotatable bonds is 7. The molecule has 0 bridgehead atoms. The molecule has 3 rings (SSSR count). The van der Waals surface area contributed by atoms with E-state index in [2.05, 4.69) is 24.6 Å². The number of nitrogens with zero attached hydrogens (tertiary/aromatic N) is 2. The minimum atomic E-state index is -4.18. The standard InChI is InChI=1S/C22H22N4O7S/c1-13-9-20(23-14(2)27)26(24-13)18-7-5-17(6-8-18)25-34(30,31)19-11-15(21(28)32-3)10-16(12-19)22(29)33-4/h5-12,25H,1-4H3,(H,23,27). The van der Waals surface area contributed by atoms with E-state index in [1.54, 1.807) is 25.1 Å². The second-order valence-electron chi connectivity index (χ2n) is 7.15. The Balaban J connectivity index is 1.92. The molecule has 1 amide bonds. The fraction of sp³-hybridized carbons (Fsp3) is 0.182. The van der Waals surface area contributed by atoms with Gasteiger partial charge in [-0.3, -0.25) is 9.52 Å². The Morgan fingerprint density at radius 1 is 0.912 bits per heavy atom. The molecule has 3 aromatic rings. The number of esters is 2. The van der Waals surface area contributed by atoms with Crippen molar-refractivity contribution in [3.63, 3.8) is 0 Å². The summed E-state index contributed by atoms with van der Waals surface area (Å²) in [6.07, 6.45) is 0. The number of sulfonamides is 1. The zero-order valence-corrected chi connectivity index (χ0v) is 19.6. The van der Waals surface area contributed by atoms with Crippen molar-refractivity contribution in [3.05, 3.63) is 65.4 Å². The van der Waals surface area contributed by atoms with Gasteiger partial charge >= 0.3 is 11.9 Å². The third-order valence-corrected chi connectivity index (χ3v) is 5.92. The molecule has 2 aromatic carbocycles. The van der Waals surface area contributed by atoms with Gasteiger partial charge in [0, 0.05) is 18.7 Å². The predicted octanol–water partition coefficient (Wildman–Crippen LogP) is 2.51. The highest BCUT2D eigenvalue weighted by atomic mass is 32.2. The first-order valence-electron chi connectivity index (χ1n) is 9.83. The third kappa shape index (κ3) is 5.41. The van der Waals surface area contributed by atoms with Crippen LogP contribution >= 0.6 is 0 Å². The van der Waals surface area contributed by atoms with Crippen molar-refractivity contribution in [1.82, 2.24) is 9.78 Å². The first-order chi connectivity index (χ1) is 16.0. The van der Waals surface area contributed by atoms with E-state index < -0.39 is 22.0 Å². The van der Waals surface area contributed by atoms with Gasteiger partial charge in [-0.1, -0.05) is 0 Å². The van der Waals surface area contributed by atoms with Crippen LogP contribution in [-0.4, -0.2) is 50.3 Å². The fourth-order valence-electron chi connectivity index (χ4n) is 3.08. The average molecular weight is 487 g/mol. The molecule has 178 valence electrons. The molecule has 1 aromatic heterocycles. The molecular formula is C22H22N4O7S. The van der Waals surface area contributed by atoms with Gasteiger partial charge in [-0.2, -0.15) is 5.10 Å². The monoisotopic (exact) mass is 486 g/mol. The molecule has 2 N–H and O–H groups in total. The summed E-state index contributed by atoms with van der Waals surface area (Å²) in [5.74, 6) is -1.41. The second-order valence-corrected chi connectivity index (χ2v) is 8.83. The molecule has 11 nitrogen and oxygen atoms in total. The highest BCUT2D eigenvalue weighted by molar-refractivity contribution is 7.92. The maximum Gasteiger partial charge on any atom is 0.337 e. The Kier molecular flexibility index (Phi) is 7.01. The Morgan fingerprint density at radius 3 is 1.97 bits per heavy atom. The van der Waals surface area contributed by atoms with E-state index in [4.69, 9.17) is 0 Å². The van der Waals surface area contributed by atoms with E-state index >= 15 is 0 Å². The zero-order valence-electron chi connectivity index (χ0n) is 18.8. The summed E-state index contributed by atoms with van der Waals surface area (Å²) in [7, 11) is -1.91. The lowest BCUT2D eigenvalue weighted by Gasteiger charge is -2.12. The van der Waals surface area contributed by atoms with Crippen molar-refractivity contribution in [2.75, 3.05) is 24.3 Å². The number of methoxy groups -OCH3 is 2. The number of hydrogen-bond donors (Lipinski definition) is 2. The molecule has 0 fully saturated rings. The molecule has 0 atom stereocenters. The van der Waals surface area contributed by atoms with Gasteiger partial charge in [0.05, 0.1) is 41.6 Å². The molecule has 0 aliphatic carbocycles. The molecular weight excluding hydrogens is 464 g/mol. The Bertz CT molecular complexity index is 1330. The van der Waals surface area contributed by atoms with Crippen LogP contribution in [0.5, 0.6) is 0 Å². The lowest BCUT2D eigenvalue weighted by atomic mass is 10.1. The minimum Gasteiger partial charge on any atom is -0.465 e. The van der Waals surface area contributed by atoms with Gasteiger partial charge in [0.25, 0.3) is 10.0 Å². The SMILES string of the molecule is COC(=O)c1cc(C(=O)OC)cc(S(=O)(=O)Nc2ccc(-n3nc(C)cc3NC(C)=O)cc2)c1. The van der Waals surface area contributed by atoms with Crippen molar-refractivity contribution >= 4 is 39.4 Å². The molecule has 0 unspecified atom stereocenters.